The molecule has 1 fully saturated rings. The molecule has 1 aliphatic rings. The maximum absolute atomic E-state index is 12.3. The number of urea groups is 1. The molecule has 27 heavy (non-hydrogen) atoms. The Balaban J connectivity index is 1.58. The summed E-state index contributed by atoms with van der Waals surface area (Å²) in [5.41, 5.74) is 2.75. The fourth-order valence-electron chi connectivity index (χ4n) is 2.88. The van der Waals surface area contributed by atoms with Crippen LogP contribution in [0.25, 0.3) is 11.1 Å². The van der Waals surface area contributed by atoms with Crippen molar-refractivity contribution < 1.29 is 14.4 Å². The second-order valence-electron chi connectivity index (χ2n) is 6.20. The molecule has 1 aliphatic heterocycles. The van der Waals surface area contributed by atoms with Crippen molar-refractivity contribution in [3.05, 3.63) is 54.6 Å². The Morgan fingerprint density at radius 3 is 2.41 bits per heavy atom. The Morgan fingerprint density at radius 2 is 1.74 bits per heavy atom. The number of nitrogens with one attached hydrogen (secondary N) is 2. The van der Waals surface area contributed by atoms with Gasteiger partial charge < -0.3 is 10.6 Å². The number of imide groups is 1. The monoisotopic (exact) mass is 383 g/mol. The highest BCUT2D eigenvalue weighted by Gasteiger charge is 2.38. The largest absolute Gasteiger partial charge is 0.326 e. The summed E-state index contributed by atoms with van der Waals surface area (Å²) >= 11 is 1.61. The van der Waals surface area contributed by atoms with Gasteiger partial charge in [-0.05, 0) is 41.7 Å². The molecule has 0 aromatic heterocycles. The highest BCUT2D eigenvalue weighted by Crippen LogP contribution is 2.21. The van der Waals surface area contributed by atoms with Crippen molar-refractivity contribution in [2.75, 3.05) is 23.9 Å². The number of anilines is 1. The Morgan fingerprint density at radius 1 is 1.07 bits per heavy atom. The van der Waals surface area contributed by atoms with Crippen LogP contribution in [0.3, 0.4) is 0 Å². The van der Waals surface area contributed by atoms with E-state index in [-0.39, 0.29) is 12.5 Å². The summed E-state index contributed by atoms with van der Waals surface area (Å²) in [4.78, 5) is 37.4. The van der Waals surface area contributed by atoms with Gasteiger partial charge in [-0.3, -0.25) is 14.5 Å². The molecule has 3 rings (SSSR count). The number of rotatable bonds is 7. The number of amides is 4. The topological polar surface area (TPSA) is 78.5 Å². The molecular formula is C20H21N3O3S. The summed E-state index contributed by atoms with van der Waals surface area (Å²) < 4.78 is 0. The zero-order chi connectivity index (χ0) is 19.2. The first-order valence-corrected chi connectivity index (χ1v) is 10.0. The lowest BCUT2D eigenvalue weighted by Crippen LogP contribution is -2.38. The number of nitrogens with zero attached hydrogens (tertiary/aromatic N) is 1. The van der Waals surface area contributed by atoms with Gasteiger partial charge in [-0.25, -0.2) is 4.79 Å². The van der Waals surface area contributed by atoms with Gasteiger partial charge in [0.2, 0.25) is 5.91 Å². The van der Waals surface area contributed by atoms with Crippen LogP contribution < -0.4 is 10.6 Å². The molecule has 2 N–H and O–H groups in total. The minimum atomic E-state index is -0.539. The average Bonchev–Trinajstić information content (AvgIpc) is 2.95. The molecule has 1 atom stereocenters. The highest BCUT2D eigenvalue weighted by atomic mass is 32.2. The Labute approximate surface area is 162 Å². The van der Waals surface area contributed by atoms with Crippen molar-refractivity contribution >= 4 is 35.3 Å². The van der Waals surface area contributed by atoms with E-state index in [2.05, 4.69) is 10.6 Å². The predicted molar refractivity (Wildman–Crippen MR) is 108 cm³/mol. The lowest BCUT2D eigenvalue weighted by Gasteiger charge is -2.13. The molecule has 4 amide bonds. The third-order valence-electron chi connectivity index (χ3n) is 4.30. The Kier molecular flexibility index (Phi) is 6.13. The number of carbonyl (C=O) groups excluding carboxylic acids is 3. The van der Waals surface area contributed by atoms with Gasteiger partial charge >= 0.3 is 6.03 Å². The molecular weight excluding hydrogens is 362 g/mol. The predicted octanol–water partition coefficient (Wildman–Crippen LogP) is 2.97. The van der Waals surface area contributed by atoms with Crippen molar-refractivity contribution in [2.45, 2.75) is 12.5 Å². The van der Waals surface area contributed by atoms with Crippen molar-refractivity contribution in [1.29, 1.82) is 0 Å². The fraction of sp³-hybridized carbons (Fsp3) is 0.250. The summed E-state index contributed by atoms with van der Waals surface area (Å²) in [5.74, 6) is 0.0184. The number of benzene rings is 2. The highest BCUT2D eigenvalue weighted by molar-refractivity contribution is 7.98. The zero-order valence-corrected chi connectivity index (χ0v) is 15.8. The van der Waals surface area contributed by atoms with Crippen LogP contribution in [0.5, 0.6) is 0 Å². The van der Waals surface area contributed by atoms with Crippen LogP contribution in [0.1, 0.15) is 6.42 Å². The normalized spacial score (nSPS) is 16.3. The zero-order valence-electron chi connectivity index (χ0n) is 15.0. The molecule has 0 bridgehead atoms. The van der Waals surface area contributed by atoms with Crippen LogP contribution in [0.2, 0.25) is 0 Å². The van der Waals surface area contributed by atoms with Crippen molar-refractivity contribution in [3.8, 4) is 11.1 Å². The first-order valence-electron chi connectivity index (χ1n) is 8.64. The smallest absolute Gasteiger partial charge is 0.325 e. The van der Waals surface area contributed by atoms with E-state index in [4.69, 9.17) is 0 Å². The second-order valence-corrected chi connectivity index (χ2v) is 7.19. The van der Waals surface area contributed by atoms with Crippen LogP contribution in [-0.4, -0.2) is 47.3 Å². The molecule has 1 heterocycles. The van der Waals surface area contributed by atoms with Crippen LogP contribution >= 0.6 is 11.8 Å². The van der Waals surface area contributed by atoms with Crippen LogP contribution in [0.4, 0.5) is 10.5 Å². The van der Waals surface area contributed by atoms with Gasteiger partial charge in [0.1, 0.15) is 12.6 Å². The summed E-state index contributed by atoms with van der Waals surface area (Å²) in [6, 6.07) is 16.3. The Bertz CT molecular complexity index is 824. The lowest BCUT2D eigenvalue weighted by atomic mass is 10.1. The van der Waals surface area contributed by atoms with Crippen molar-refractivity contribution in [2.24, 2.45) is 0 Å². The maximum atomic E-state index is 12.3. The summed E-state index contributed by atoms with van der Waals surface area (Å²) in [5, 5.41) is 5.36. The first-order chi connectivity index (χ1) is 13.1. The molecule has 0 radical (unpaired) electrons. The average molecular weight is 383 g/mol. The molecule has 6 nitrogen and oxygen atoms in total. The molecule has 140 valence electrons. The quantitative estimate of drug-likeness (QED) is 0.721. The molecule has 2 aromatic rings. The van der Waals surface area contributed by atoms with E-state index < -0.39 is 18.0 Å². The van der Waals surface area contributed by atoms with E-state index in [1.807, 2.05) is 48.7 Å². The maximum Gasteiger partial charge on any atom is 0.325 e. The van der Waals surface area contributed by atoms with Gasteiger partial charge in [0, 0.05) is 5.69 Å². The van der Waals surface area contributed by atoms with Crippen LogP contribution in [0, 0.1) is 0 Å². The van der Waals surface area contributed by atoms with E-state index >= 15 is 0 Å². The lowest BCUT2D eigenvalue weighted by molar-refractivity contribution is -0.130. The standard InChI is InChI=1S/C20H21N3O3S/c1-27-12-11-17-19(25)23(20(26)22-17)13-18(24)21-16-9-7-15(8-10-16)14-5-3-2-4-6-14/h2-10,17H,11-13H2,1H3,(H,21,24)(H,22,26)/t17-/m0/s1. The van der Waals surface area contributed by atoms with Crippen molar-refractivity contribution in [3.63, 3.8) is 0 Å². The number of hydrogen-bond acceptors (Lipinski definition) is 4. The van der Waals surface area contributed by atoms with Gasteiger partial charge in [0.05, 0.1) is 0 Å². The van der Waals surface area contributed by atoms with Gasteiger partial charge in [-0.15, -0.1) is 0 Å². The molecule has 0 unspecified atom stereocenters. The van der Waals surface area contributed by atoms with E-state index in [9.17, 15) is 14.4 Å². The number of carbonyl (C=O) groups is 3. The Hall–Kier alpha value is -2.80. The minimum absolute atomic E-state index is 0.291. The molecule has 2 aromatic carbocycles. The minimum Gasteiger partial charge on any atom is -0.326 e. The van der Waals surface area contributed by atoms with Gasteiger partial charge in [-0.1, -0.05) is 42.5 Å². The van der Waals surface area contributed by atoms with Crippen LogP contribution in [-0.2, 0) is 9.59 Å². The van der Waals surface area contributed by atoms with Crippen LogP contribution in [0.15, 0.2) is 54.6 Å². The van der Waals surface area contributed by atoms with Gasteiger partial charge in [0.25, 0.3) is 5.91 Å². The van der Waals surface area contributed by atoms with Gasteiger partial charge in [-0.2, -0.15) is 11.8 Å². The molecule has 0 aliphatic carbocycles. The molecule has 0 saturated carbocycles. The fourth-order valence-corrected chi connectivity index (χ4v) is 3.35. The van der Waals surface area contributed by atoms with E-state index in [0.717, 1.165) is 21.8 Å². The second kappa shape index (κ2) is 8.73. The van der Waals surface area contributed by atoms with Gasteiger partial charge in [0.15, 0.2) is 0 Å². The van der Waals surface area contributed by atoms with E-state index in [1.165, 1.54) is 0 Å². The summed E-state index contributed by atoms with van der Waals surface area (Å²) in [6.07, 6.45) is 2.50. The third kappa shape index (κ3) is 4.68. The molecule has 1 saturated heterocycles. The van der Waals surface area contributed by atoms with E-state index in [0.29, 0.717) is 12.1 Å². The summed E-state index contributed by atoms with van der Waals surface area (Å²) in [7, 11) is 0. The van der Waals surface area contributed by atoms with E-state index in [1.54, 1.807) is 23.9 Å². The molecule has 7 heteroatoms. The SMILES string of the molecule is CSCC[C@@H]1NC(=O)N(CC(=O)Nc2ccc(-c3ccccc3)cc2)C1=O. The van der Waals surface area contributed by atoms with Crippen molar-refractivity contribution in [1.82, 2.24) is 10.2 Å². The third-order valence-corrected chi connectivity index (χ3v) is 4.94. The molecule has 0 spiro atoms. The first kappa shape index (κ1) is 19.0. The number of thioether (sulfide) groups is 1. The summed E-state index contributed by atoms with van der Waals surface area (Å²) in [6.45, 7) is -0.291. The number of hydrogen-bond donors (Lipinski definition) is 2.